The van der Waals surface area contributed by atoms with Crippen LogP contribution in [0.1, 0.15) is 24.3 Å². The lowest BCUT2D eigenvalue weighted by Crippen LogP contribution is -2.35. The van der Waals surface area contributed by atoms with E-state index in [1.807, 2.05) is 24.3 Å². The van der Waals surface area contributed by atoms with E-state index in [0.29, 0.717) is 31.1 Å². The van der Waals surface area contributed by atoms with Gasteiger partial charge in [-0.15, -0.1) is 22.7 Å². The smallest absolute Gasteiger partial charge is 0.410 e. The van der Waals surface area contributed by atoms with Gasteiger partial charge in [0.2, 0.25) is 5.91 Å². The van der Waals surface area contributed by atoms with Crippen LogP contribution in [0.3, 0.4) is 0 Å². The molecule has 0 radical (unpaired) electrons. The number of carbonyl (C=O) groups is 3. The van der Waals surface area contributed by atoms with Crippen molar-refractivity contribution in [3.63, 3.8) is 0 Å². The fraction of sp³-hybridized carbons (Fsp3) is 0.333. The minimum absolute atomic E-state index is 0.0616. The van der Waals surface area contributed by atoms with E-state index in [1.54, 1.807) is 23.2 Å². The number of amides is 2. The van der Waals surface area contributed by atoms with Crippen molar-refractivity contribution in [1.82, 2.24) is 9.88 Å². The molecule has 7 nitrogen and oxygen atoms in total. The van der Waals surface area contributed by atoms with Gasteiger partial charge in [0.25, 0.3) is 0 Å². The molecule has 1 aromatic carbocycles. The number of thiophene rings is 1. The molecule has 2 amide bonds. The summed E-state index contributed by atoms with van der Waals surface area (Å²) in [7, 11) is 0. The van der Waals surface area contributed by atoms with Crippen LogP contribution in [0.2, 0.25) is 0 Å². The average Bonchev–Trinajstić information content (AvgIpc) is 3.32. The molecule has 3 aromatic rings. The van der Waals surface area contributed by atoms with Crippen LogP contribution in [0.15, 0.2) is 24.3 Å². The maximum Gasteiger partial charge on any atom is 0.410 e. The SMILES string of the molecule is CCOC(=O)N1CCc2c(sc(NC(=O)CSC(C)=O)c2-c2nc3ccccc3s2)C1. The van der Waals surface area contributed by atoms with Crippen molar-refractivity contribution < 1.29 is 19.1 Å². The second-order valence-corrected chi connectivity index (χ2v) is 10.2. The van der Waals surface area contributed by atoms with Crippen LogP contribution < -0.4 is 5.32 Å². The Hall–Kier alpha value is -2.43. The van der Waals surface area contributed by atoms with E-state index >= 15 is 0 Å². The first kappa shape index (κ1) is 21.8. The Morgan fingerprint density at radius 1 is 1.26 bits per heavy atom. The van der Waals surface area contributed by atoms with Gasteiger partial charge in [-0.2, -0.15) is 0 Å². The molecular weight excluding hydrogens is 454 g/mol. The van der Waals surface area contributed by atoms with Gasteiger partial charge < -0.3 is 15.0 Å². The predicted molar refractivity (Wildman–Crippen MR) is 126 cm³/mol. The lowest BCUT2D eigenvalue weighted by atomic mass is 10.0. The fourth-order valence-electron chi connectivity index (χ4n) is 3.40. The Kier molecular flexibility index (Phi) is 6.59. The van der Waals surface area contributed by atoms with Crippen LogP contribution in [0.25, 0.3) is 20.8 Å². The van der Waals surface area contributed by atoms with Crippen LogP contribution in [0.5, 0.6) is 0 Å². The molecule has 0 bridgehead atoms. The number of thioether (sulfide) groups is 1. The van der Waals surface area contributed by atoms with E-state index in [-0.39, 0.29) is 22.9 Å². The number of hydrogen-bond donors (Lipinski definition) is 1. The summed E-state index contributed by atoms with van der Waals surface area (Å²) in [6, 6.07) is 7.93. The van der Waals surface area contributed by atoms with Gasteiger partial charge in [0.1, 0.15) is 10.0 Å². The van der Waals surface area contributed by atoms with E-state index in [4.69, 9.17) is 9.72 Å². The van der Waals surface area contributed by atoms with Gasteiger partial charge in [0.05, 0.1) is 29.1 Å². The summed E-state index contributed by atoms with van der Waals surface area (Å²) in [6.07, 6.45) is 0.333. The number of thiazole rings is 1. The first-order valence-corrected chi connectivity index (χ1v) is 12.4. The van der Waals surface area contributed by atoms with Crippen LogP contribution in [-0.4, -0.2) is 45.9 Å². The fourth-order valence-corrected chi connectivity index (χ4v) is 6.19. The van der Waals surface area contributed by atoms with E-state index in [1.165, 1.54) is 18.3 Å². The zero-order valence-electron chi connectivity index (χ0n) is 17.1. The number of carbonyl (C=O) groups excluding carboxylic acids is 3. The van der Waals surface area contributed by atoms with Crippen molar-refractivity contribution in [2.24, 2.45) is 0 Å². The van der Waals surface area contributed by atoms with Crippen LogP contribution >= 0.6 is 34.4 Å². The number of nitrogens with zero attached hydrogens (tertiary/aromatic N) is 2. The number of nitrogens with one attached hydrogen (secondary N) is 1. The minimum atomic E-state index is -0.327. The molecule has 1 aliphatic rings. The summed E-state index contributed by atoms with van der Waals surface area (Å²) in [5.41, 5.74) is 2.95. The van der Waals surface area contributed by atoms with Gasteiger partial charge in [-0.1, -0.05) is 23.9 Å². The standard InChI is InChI=1S/C21H21N3O4S3/c1-3-28-21(27)24-9-8-13-16(10-24)31-20(23-17(26)11-29-12(2)25)18(13)19-22-14-6-4-5-7-15(14)30-19/h4-7H,3,8-11H2,1-2H3,(H,23,26). The second-order valence-electron chi connectivity index (χ2n) is 6.89. The molecule has 0 atom stereocenters. The number of rotatable bonds is 5. The van der Waals surface area contributed by atoms with Gasteiger partial charge in [-0.05, 0) is 31.0 Å². The monoisotopic (exact) mass is 475 g/mol. The van der Waals surface area contributed by atoms with Gasteiger partial charge in [0.15, 0.2) is 5.12 Å². The minimum Gasteiger partial charge on any atom is -0.450 e. The molecule has 1 aliphatic heterocycles. The normalized spacial score (nSPS) is 13.2. The Morgan fingerprint density at radius 3 is 2.81 bits per heavy atom. The molecule has 2 aromatic heterocycles. The molecule has 0 spiro atoms. The maximum atomic E-state index is 12.5. The van der Waals surface area contributed by atoms with E-state index in [0.717, 1.165) is 43.0 Å². The van der Waals surface area contributed by atoms with Crippen LogP contribution in [0.4, 0.5) is 9.80 Å². The van der Waals surface area contributed by atoms with Gasteiger partial charge in [-0.25, -0.2) is 9.78 Å². The van der Waals surface area contributed by atoms with Crippen molar-refractivity contribution >= 4 is 66.8 Å². The van der Waals surface area contributed by atoms with E-state index < -0.39 is 0 Å². The number of fused-ring (bicyclic) bond motifs is 2. The highest BCUT2D eigenvalue weighted by Crippen LogP contribution is 2.45. The van der Waals surface area contributed by atoms with Gasteiger partial charge >= 0.3 is 6.09 Å². The summed E-state index contributed by atoms with van der Waals surface area (Å²) in [5.74, 6) is -0.171. The van der Waals surface area contributed by atoms with Crippen molar-refractivity contribution in [1.29, 1.82) is 0 Å². The summed E-state index contributed by atoms with van der Waals surface area (Å²) in [4.78, 5) is 43.4. The highest BCUT2D eigenvalue weighted by atomic mass is 32.2. The highest BCUT2D eigenvalue weighted by molar-refractivity contribution is 8.14. The molecule has 1 N–H and O–H groups in total. The maximum absolute atomic E-state index is 12.5. The van der Waals surface area contributed by atoms with Crippen LogP contribution in [-0.2, 0) is 27.3 Å². The molecule has 0 saturated heterocycles. The van der Waals surface area contributed by atoms with Gasteiger partial charge in [-0.3, -0.25) is 9.59 Å². The zero-order valence-corrected chi connectivity index (χ0v) is 19.5. The molecule has 0 fully saturated rings. The second kappa shape index (κ2) is 9.37. The number of benzene rings is 1. The third kappa shape index (κ3) is 4.76. The van der Waals surface area contributed by atoms with Gasteiger partial charge in [0, 0.05) is 23.9 Å². The number of ether oxygens (including phenoxy) is 1. The third-order valence-electron chi connectivity index (χ3n) is 4.75. The molecule has 0 saturated carbocycles. The highest BCUT2D eigenvalue weighted by Gasteiger charge is 2.30. The summed E-state index contributed by atoms with van der Waals surface area (Å²) < 4.78 is 6.23. The van der Waals surface area contributed by atoms with E-state index in [9.17, 15) is 14.4 Å². The zero-order chi connectivity index (χ0) is 22.0. The largest absolute Gasteiger partial charge is 0.450 e. The Labute approximate surface area is 191 Å². The van der Waals surface area contributed by atoms with Crippen molar-refractivity contribution in [2.75, 3.05) is 24.2 Å². The van der Waals surface area contributed by atoms with E-state index in [2.05, 4.69) is 5.32 Å². The number of para-hydroxylation sites is 1. The average molecular weight is 476 g/mol. The molecule has 4 rings (SSSR count). The number of anilines is 1. The molecule has 3 heterocycles. The molecule has 10 heteroatoms. The summed E-state index contributed by atoms with van der Waals surface area (Å²) in [5, 5.41) is 4.43. The number of aromatic nitrogens is 1. The molecule has 31 heavy (non-hydrogen) atoms. The summed E-state index contributed by atoms with van der Waals surface area (Å²) in [6.45, 7) is 4.55. The quantitative estimate of drug-likeness (QED) is 0.572. The Morgan fingerprint density at radius 2 is 2.06 bits per heavy atom. The summed E-state index contributed by atoms with van der Waals surface area (Å²) >= 11 is 4.02. The first-order valence-electron chi connectivity index (χ1n) is 9.81. The first-order chi connectivity index (χ1) is 15.0. The molecular formula is C21H21N3O4S3. The lowest BCUT2D eigenvalue weighted by Gasteiger charge is -2.26. The Bertz CT molecular complexity index is 1120. The molecule has 0 aliphatic carbocycles. The third-order valence-corrected chi connectivity index (χ3v) is 7.75. The predicted octanol–water partition coefficient (Wildman–Crippen LogP) is 4.76. The Balaban J connectivity index is 1.70. The lowest BCUT2D eigenvalue weighted by molar-refractivity contribution is -0.114. The van der Waals surface area contributed by atoms with Crippen LogP contribution in [0, 0.1) is 0 Å². The van der Waals surface area contributed by atoms with Crippen molar-refractivity contribution in [3.05, 3.63) is 34.7 Å². The molecule has 0 unspecified atom stereocenters. The number of hydrogen-bond acceptors (Lipinski definition) is 8. The molecule has 162 valence electrons. The van der Waals surface area contributed by atoms with Crippen molar-refractivity contribution in [2.45, 2.75) is 26.8 Å². The topological polar surface area (TPSA) is 88.6 Å². The van der Waals surface area contributed by atoms with Crippen molar-refractivity contribution in [3.8, 4) is 10.6 Å².